The molecule has 0 spiro atoms. The van der Waals surface area contributed by atoms with Crippen LogP contribution in [0, 0.1) is 0 Å². The molecule has 1 aromatic carbocycles. The Labute approximate surface area is 141 Å². The van der Waals surface area contributed by atoms with Gasteiger partial charge in [-0.25, -0.2) is 4.79 Å². The fourth-order valence-electron chi connectivity index (χ4n) is 4.17. The second-order valence-corrected chi connectivity index (χ2v) is 6.87. The maximum absolute atomic E-state index is 11.6. The molecule has 0 unspecified atom stereocenters. The number of aromatic nitrogens is 2. The number of rotatable bonds is 4. The van der Waals surface area contributed by atoms with Crippen molar-refractivity contribution in [2.45, 2.75) is 58.3 Å². The van der Waals surface area contributed by atoms with Gasteiger partial charge in [0, 0.05) is 36.9 Å². The lowest BCUT2D eigenvalue weighted by molar-refractivity contribution is 0.0687. The van der Waals surface area contributed by atoms with Gasteiger partial charge in [0.05, 0.1) is 0 Å². The molecule has 2 aliphatic rings. The summed E-state index contributed by atoms with van der Waals surface area (Å²) in [5.41, 5.74) is 5.18. The van der Waals surface area contributed by atoms with Crippen LogP contribution in [0.2, 0.25) is 0 Å². The summed E-state index contributed by atoms with van der Waals surface area (Å²) in [5, 5.41) is 13.9. The zero-order chi connectivity index (χ0) is 16.7. The molecule has 5 nitrogen and oxygen atoms in total. The molecule has 4 rings (SSSR count). The summed E-state index contributed by atoms with van der Waals surface area (Å²) < 4.78 is 1.92. The monoisotopic (exact) mass is 325 g/mol. The number of carbonyl (C=O) groups is 1. The van der Waals surface area contributed by atoms with E-state index in [0.29, 0.717) is 6.04 Å². The number of hydrogen-bond donors (Lipinski definition) is 1. The second kappa shape index (κ2) is 6.06. The maximum atomic E-state index is 11.6. The zero-order valence-electron chi connectivity index (χ0n) is 14.0. The first-order valence-electron chi connectivity index (χ1n) is 8.80. The van der Waals surface area contributed by atoms with E-state index in [4.69, 9.17) is 0 Å². The first kappa shape index (κ1) is 15.4. The highest BCUT2D eigenvalue weighted by Crippen LogP contribution is 2.32. The molecule has 126 valence electrons. The van der Waals surface area contributed by atoms with Crippen molar-refractivity contribution in [3.05, 3.63) is 52.3 Å². The molecule has 1 N–H and O–H groups in total. The summed E-state index contributed by atoms with van der Waals surface area (Å²) in [6.45, 7) is 4.85. The van der Waals surface area contributed by atoms with E-state index in [1.165, 1.54) is 11.1 Å². The zero-order valence-corrected chi connectivity index (χ0v) is 14.0. The van der Waals surface area contributed by atoms with Gasteiger partial charge in [-0.1, -0.05) is 31.2 Å². The summed E-state index contributed by atoms with van der Waals surface area (Å²) in [5.74, 6) is -0.897. The second-order valence-electron chi connectivity index (χ2n) is 6.87. The van der Waals surface area contributed by atoms with E-state index in [9.17, 15) is 9.90 Å². The van der Waals surface area contributed by atoms with E-state index in [1.807, 2.05) is 4.68 Å². The van der Waals surface area contributed by atoms with Crippen LogP contribution in [0.15, 0.2) is 24.3 Å². The Morgan fingerprint density at radius 3 is 2.62 bits per heavy atom. The highest BCUT2D eigenvalue weighted by atomic mass is 16.4. The Hall–Kier alpha value is -2.14. The lowest BCUT2D eigenvalue weighted by Gasteiger charge is -2.31. The molecule has 0 bridgehead atoms. The number of hydrogen-bond acceptors (Lipinski definition) is 3. The van der Waals surface area contributed by atoms with E-state index in [-0.39, 0.29) is 5.69 Å². The van der Waals surface area contributed by atoms with Crippen molar-refractivity contribution >= 4 is 5.97 Å². The summed E-state index contributed by atoms with van der Waals surface area (Å²) in [6.07, 6.45) is 3.77. The largest absolute Gasteiger partial charge is 0.476 e. The summed E-state index contributed by atoms with van der Waals surface area (Å²) in [7, 11) is 0. The van der Waals surface area contributed by atoms with E-state index < -0.39 is 5.97 Å². The maximum Gasteiger partial charge on any atom is 0.356 e. The van der Waals surface area contributed by atoms with Crippen molar-refractivity contribution in [1.29, 1.82) is 0 Å². The van der Waals surface area contributed by atoms with Crippen molar-refractivity contribution in [2.75, 3.05) is 0 Å². The Morgan fingerprint density at radius 1 is 1.29 bits per heavy atom. The number of carboxylic acids is 1. The first-order chi connectivity index (χ1) is 11.7. The number of aryl methyl sites for hydroxylation is 1. The minimum absolute atomic E-state index is 0.264. The number of aromatic carboxylic acids is 1. The molecular formula is C19H23N3O2. The highest BCUT2D eigenvalue weighted by Gasteiger charge is 2.33. The van der Waals surface area contributed by atoms with Gasteiger partial charge in [0.25, 0.3) is 0 Å². The summed E-state index contributed by atoms with van der Waals surface area (Å²) >= 11 is 0. The van der Waals surface area contributed by atoms with Crippen LogP contribution in [0.3, 0.4) is 0 Å². The van der Waals surface area contributed by atoms with Gasteiger partial charge in [-0.2, -0.15) is 5.10 Å². The quantitative estimate of drug-likeness (QED) is 0.939. The molecule has 2 heterocycles. The minimum atomic E-state index is -0.897. The molecule has 1 atom stereocenters. The number of benzene rings is 1. The third-order valence-corrected chi connectivity index (χ3v) is 5.34. The van der Waals surface area contributed by atoms with Crippen molar-refractivity contribution < 1.29 is 9.90 Å². The Morgan fingerprint density at radius 2 is 2.00 bits per heavy atom. The first-order valence-corrected chi connectivity index (χ1v) is 8.80. The highest BCUT2D eigenvalue weighted by molar-refractivity contribution is 5.87. The summed E-state index contributed by atoms with van der Waals surface area (Å²) in [6, 6.07) is 9.00. The fraction of sp³-hybridized carbons (Fsp3) is 0.474. The van der Waals surface area contributed by atoms with E-state index in [1.54, 1.807) is 0 Å². The molecule has 0 radical (unpaired) electrons. The lowest BCUT2D eigenvalue weighted by atomic mass is 9.90. The summed E-state index contributed by atoms with van der Waals surface area (Å²) in [4.78, 5) is 14.1. The van der Waals surface area contributed by atoms with Crippen LogP contribution in [-0.2, 0) is 32.5 Å². The normalized spacial score (nSPS) is 20.0. The van der Waals surface area contributed by atoms with Gasteiger partial charge >= 0.3 is 5.97 Å². The smallest absolute Gasteiger partial charge is 0.356 e. The third-order valence-electron chi connectivity index (χ3n) is 5.34. The third kappa shape index (κ3) is 2.53. The predicted octanol–water partition coefficient (Wildman–Crippen LogP) is 2.86. The van der Waals surface area contributed by atoms with E-state index in [2.05, 4.69) is 41.2 Å². The average molecular weight is 325 g/mol. The van der Waals surface area contributed by atoms with Crippen LogP contribution >= 0.6 is 0 Å². The molecule has 0 saturated heterocycles. The number of carboxylic acid groups (broad SMARTS) is 1. The molecule has 1 aromatic heterocycles. The Bertz CT molecular complexity index is 756. The average Bonchev–Trinajstić information content (AvgIpc) is 3.16. The Kier molecular flexibility index (Phi) is 3.88. The van der Waals surface area contributed by atoms with Gasteiger partial charge in [0.1, 0.15) is 0 Å². The van der Waals surface area contributed by atoms with E-state index in [0.717, 1.165) is 56.6 Å². The molecule has 0 amide bonds. The number of nitrogens with zero attached hydrogens (tertiary/aromatic N) is 3. The predicted molar refractivity (Wildman–Crippen MR) is 91.0 cm³/mol. The minimum Gasteiger partial charge on any atom is -0.476 e. The molecule has 0 fully saturated rings. The van der Waals surface area contributed by atoms with Gasteiger partial charge in [-0.05, 0) is 36.8 Å². The molecule has 1 aliphatic carbocycles. The number of fused-ring (bicyclic) bond motifs is 2. The lowest BCUT2D eigenvalue weighted by Crippen LogP contribution is -2.36. The topological polar surface area (TPSA) is 58.4 Å². The molecule has 5 heteroatoms. The molecule has 0 saturated carbocycles. The van der Waals surface area contributed by atoms with Crippen molar-refractivity contribution in [2.24, 2.45) is 0 Å². The van der Waals surface area contributed by atoms with Gasteiger partial charge in [0.15, 0.2) is 5.69 Å². The van der Waals surface area contributed by atoms with Crippen molar-refractivity contribution in [3.63, 3.8) is 0 Å². The van der Waals surface area contributed by atoms with Crippen LogP contribution in [0.25, 0.3) is 0 Å². The van der Waals surface area contributed by atoms with Crippen LogP contribution in [0.1, 0.15) is 52.6 Å². The van der Waals surface area contributed by atoms with Crippen LogP contribution < -0.4 is 0 Å². The molecule has 2 aromatic rings. The van der Waals surface area contributed by atoms with Crippen LogP contribution in [0.4, 0.5) is 0 Å². The van der Waals surface area contributed by atoms with Gasteiger partial charge < -0.3 is 5.11 Å². The van der Waals surface area contributed by atoms with Gasteiger partial charge in [-0.3, -0.25) is 9.58 Å². The Balaban J connectivity index is 1.59. The SMILES string of the molecule is CCCn1nc(C(=O)O)c2c1CC[C@@H](N1Cc3ccccc3C1)C2. The van der Waals surface area contributed by atoms with Crippen LogP contribution in [-0.4, -0.2) is 31.8 Å². The van der Waals surface area contributed by atoms with Gasteiger partial charge in [-0.15, -0.1) is 0 Å². The van der Waals surface area contributed by atoms with E-state index >= 15 is 0 Å². The van der Waals surface area contributed by atoms with Gasteiger partial charge in [0.2, 0.25) is 0 Å². The van der Waals surface area contributed by atoms with Crippen molar-refractivity contribution in [1.82, 2.24) is 14.7 Å². The standard InChI is InChI=1S/C19H23N3O2/c1-2-9-22-17-8-7-15(10-16(17)18(20-22)19(23)24)21-11-13-5-3-4-6-14(13)12-21/h3-6,15H,2,7-12H2,1H3,(H,23,24)/t15-/m1/s1. The molecule has 24 heavy (non-hydrogen) atoms. The molecule has 1 aliphatic heterocycles. The molecular weight excluding hydrogens is 302 g/mol. The fourth-order valence-corrected chi connectivity index (χ4v) is 4.17. The van der Waals surface area contributed by atoms with Crippen molar-refractivity contribution in [3.8, 4) is 0 Å². The van der Waals surface area contributed by atoms with Crippen LogP contribution in [0.5, 0.6) is 0 Å².